The molecule has 0 unspecified atom stereocenters. The molecule has 3 rings (SSSR count). The second kappa shape index (κ2) is 5.54. The van der Waals surface area contributed by atoms with E-state index in [0.717, 1.165) is 11.3 Å². The van der Waals surface area contributed by atoms with Crippen molar-refractivity contribution in [2.45, 2.75) is 6.92 Å². The standard InChI is InChI=1S/C17H13ClN2O/c1-12-16(11-13-6-5-7-14(18)10-13)17(21)20(19-12)15-8-3-2-4-9-15/h2-11H,1H3/b16-11+. The van der Waals surface area contributed by atoms with Gasteiger partial charge in [0.05, 0.1) is 17.0 Å². The highest BCUT2D eigenvalue weighted by Gasteiger charge is 2.28. The number of hydrogen-bond donors (Lipinski definition) is 0. The smallest absolute Gasteiger partial charge is 0.267 e. The first kappa shape index (κ1) is 13.6. The number of benzene rings is 2. The van der Waals surface area contributed by atoms with Gasteiger partial charge in [-0.05, 0) is 42.8 Å². The van der Waals surface area contributed by atoms with Crippen LogP contribution in [0.5, 0.6) is 0 Å². The van der Waals surface area contributed by atoms with Crippen molar-refractivity contribution < 1.29 is 4.79 Å². The maximum absolute atomic E-state index is 12.5. The third-order valence-electron chi connectivity index (χ3n) is 3.22. The van der Waals surface area contributed by atoms with Gasteiger partial charge in [-0.2, -0.15) is 10.1 Å². The molecule has 1 aliphatic rings. The molecule has 1 amide bonds. The number of carbonyl (C=O) groups excluding carboxylic acids is 1. The van der Waals surface area contributed by atoms with Gasteiger partial charge < -0.3 is 0 Å². The number of halogens is 1. The van der Waals surface area contributed by atoms with E-state index in [-0.39, 0.29) is 5.91 Å². The first-order valence-electron chi connectivity index (χ1n) is 6.57. The number of anilines is 1. The largest absolute Gasteiger partial charge is 0.280 e. The van der Waals surface area contributed by atoms with E-state index in [9.17, 15) is 4.79 Å². The molecule has 0 bridgehead atoms. The van der Waals surface area contributed by atoms with Crippen LogP contribution in [0.3, 0.4) is 0 Å². The number of hydrazone groups is 1. The topological polar surface area (TPSA) is 32.7 Å². The van der Waals surface area contributed by atoms with Crippen molar-refractivity contribution in [1.29, 1.82) is 0 Å². The fraction of sp³-hybridized carbons (Fsp3) is 0.0588. The Labute approximate surface area is 128 Å². The highest BCUT2D eigenvalue weighted by Crippen LogP contribution is 2.25. The van der Waals surface area contributed by atoms with Crippen molar-refractivity contribution in [3.8, 4) is 0 Å². The number of rotatable bonds is 2. The minimum absolute atomic E-state index is 0.126. The van der Waals surface area contributed by atoms with Crippen molar-refractivity contribution in [3.05, 3.63) is 70.8 Å². The molecular formula is C17H13ClN2O. The van der Waals surface area contributed by atoms with E-state index in [0.29, 0.717) is 16.3 Å². The number of para-hydroxylation sites is 1. The lowest BCUT2D eigenvalue weighted by atomic mass is 10.1. The number of carbonyl (C=O) groups is 1. The van der Waals surface area contributed by atoms with Crippen LogP contribution in [0.2, 0.25) is 5.02 Å². The van der Waals surface area contributed by atoms with Crippen LogP contribution in [0.4, 0.5) is 5.69 Å². The summed E-state index contributed by atoms with van der Waals surface area (Å²) in [4.78, 5) is 12.5. The van der Waals surface area contributed by atoms with Gasteiger partial charge in [0.1, 0.15) is 0 Å². The van der Waals surface area contributed by atoms with Crippen molar-refractivity contribution in [1.82, 2.24) is 0 Å². The third kappa shape index (κ3) is 2.73. The molecule has 0 fully saturated rings. The monoisotopic (exact) mass is 296 g/mol. The van der Waals surface area contributed by atoms with Crippen LogP contribution < -0.4 is 5.01 Å². The molecule has 0 atom stereocenters. The van der Waals surface area contributed by atoms with Crippen molar-refractivity contribution in [2.24, 2.45) is 5.10 Å². The number of amides is 1. The summed E-state index contributed by atoms with van der Waals surface area (Å²) in [5, 5.41) is 6.40. The Morgan fingerprint density at radius 3 is 2.57 bits per heavy atom. The Balaban J connectivity index is 1.96. The normalized spacial score (nSPS) is 16.5. The first-order valence-corrected chi connectivity index (χ1v) is 6.95. The summed E-state index contributed by atoms with van der Waals surface area (Å²) in [7, 11) is 0. The van der Waals surface area contributed by atoms with Gasteiger partial charge in [-0.15, -0.1) is 0 Å². The molecule has 0 radical (unpaired) electrons. The summed E-state index contributed by atoms with van der Waals surface area (Å²) in [6.45, 7) is 1.83. The van der Waals surface area contributed by atoms with E-state index >= 15 is 0 Å². The number of hydrogen-bond acceptors (Lipinski definition) is 2. The summed E-state index contributed by atoms with van der Waals surface area (Å²) in [6, 6.07) is 16.8. The van der Waals surface area contributed by atoms with Gasteiger partial charge in [0.25, 0.3) is 5.91 Å². The molecule has 0 spiro atoms. The van der Waals surface area contributed by atoms with Crippen LogP contribution >= 0.6 is 11.6 Å². The van der Waals surface area contributed by atoms with E-state index in [1.54, 1.807) is 6.07 Å². The maximum Gasteiger partial charge on any atom is 0.280 e. The van der Waals surface area contributed by atoms with Gasteiger partial charge in [0, 0.05) is 5.02 Å². The van der Waals surface area contributed by atoms with E-state index in [2.05, 4.69) is 5.10 Å². The van der Waals surface area contributed by atoms with Crippen LogP contribution in [0.15, 0.2) is 65.3 Å². The average molecular weight is 297 g/mol. The molecule has 0 aromatic heterocycles. The summed E-state index contributed by atoms with van der Waals surface area (Å²) >= 11 is 5.97. The molecular weight excluding hydrogens is 284 g/mol. The molecule has 0 N–H and O–H groups in total. The average Bonchev–Trinajstić information content (AvgIpc) is 2.76. The second-order valence-corrected chi connectivity index (χ2v) is 5.19. The molecule has 2 aromatic rings. The molecule has 104 valence electrons. The first-order chi connectivity index (χ1) is 10.1. The molecule has 2 aromatic carbocycles. The summed E-state index contributed by atoms with van der Waals surface area (Å²) in [5.74, 6) is -0.126. The van der Waals surface area contributed by atoms with Gasteiger partial charge in [0.15, 0.2) is 0 Å². The van der Waals surface area contributed by atoms with Gasteiger partial charge in [-0.1, -0.05) is 41.9 Å². The van der Waals surface area contributed by atoms with E-state index < -0.39 is 0 Å². The number of nitrogens with zero attached hydrogens (tertiary/aromatic N) is 2. The zero-order valence-corrected chi connectivity index (χ0v) is 12.2. The van der Waals surface area contributed by atoms with Crippen molar-refractivity contribution in [3.63, 3.8) is 0 Å². The van der Waals surface area contributed by atoms with Gasteiger partial charge in [0.2, 0.25) is 0 Å². The van der Waals surface area contributed by atoms with Crippen molar-refractivity contribution >= 4 is 35.0 Å². The Morgan fingerprint density at radius 2 is 1.86 bits per heavy atom. The van der Waals surface area contributed by atoms with Crippen LogP contribution in [0, 0.1) is 0 Å². The molecule has 1 aliphatic heterocycles. The highest BCUT2D eigenvalue weighted by molar-refractivity contribution is 6.32. The molecule has 1 heterocycles. The lowest BCUT2D eigenvalue weighted by molar-refractivity contribution is -0.114. The molecule has 0 saturated heterocycles. The predicted molar refractivity (Wildman–Crippen MR) is 86.5 cm³/mol. The Bertz CT molecular complexity index is 750. The molecule has 3 nitrogen and oxygen atoms in total. The fourth-order valence-corrected chi connectivity index (χ4v) is 2.39. The van der Waals surface area contributed by atoms with Gasteiger partial charge >= 0.3 is 0 Å². The van der Waals surface area contributed by atoms with E-state index in [1.807, 2.05) is 61.5 Å². The summed E-state index contributed by atoms with van der Waals surface area (Å²) < 4.78 is 0. The second-order valence-electron chi connectivity index (χ2n) is 4.75. The molecule has 0 aliphatic carbocycles. The third-order valence-corrected chi connectivity index (χ3v) is 3.46. The van der Waals surface area contributed by atoms with Gasteiger partial charge in [-0.25, -0.2) is 0 Å². The maximum atomic E-state index is 12.5. The summed E-state index contributed by atoms with van der Waals surface area (Å²) in [5.41, 5.74) is 2.93. The Hall–Kier alpha value is -2.39. The predicted octanol–water partition coefficient (Wildman–Crippen LogP) is 4.15. The van der Waals surface area contributed by atoms with Crippen LogP contribution in [-0.2, 0) is 4.79 Å². The minimum Gasteiger partial charge on any atom is -0.267 e. The zero-order chi connectivity index (χ0) is 14.8. The van der Waals surface area contributed by atoms with Crippen LogP contribution in [-0.4, -0.2) is 11.6 Å². The minimum atomic E-state index is -0.126. The van der Waals surface area contributed by atoms with E-state index in [1.165, 1.54) is 5.01 Å². The molecule has 21 heavy (non-hydrogen) atoms. The van der Waals surface area contributed by atoms with E-state index in [4.69, 9.17) is 11.6 Å². The summed E-state index contributed by atoms with van der Waals surface area (Å²) in [6.07, 6.45) is 1.82. The van der Waals surface area contributed by atoms with Crippen molar-refractivity contribution in [2.75, 3.05) is 5.01 Å². The SMILES string of the molecule is CC1=NN(c2ccccc2)C(=O)/C1=C/c1cccc(Cl)c1. The van der Waals surface area contributed by atoms with Crippen LogP contribution in [0.1, 0.15) is 12.5 Å². The quantitative estimate of drug-likeness (QED) is 0.766. The Kier molecular flexibility index (Phi) is 3.59. The molecule has 0 saturated carbocycles. The Morgan fingerprint density at radius 1 is 1.10 bits per heavy atom. The lowest BCUT2D eigenvalue weighted by Gasteiger charge is -2.11. The lowest BCUT2D eigenvalue weighted by Crippen LogP contribution is -2.21. The van der Waals surface area contributed by atoms with Gasteiger partial charge in [-0.3, -0.25) is 4.79 Å². The fourth-order valence-electron chi connectivity index (χ4n) is 2.19. The van der Waals surface area contributed by atoms with Crippen LogP contribution in [0.25, 0.3) is 6.08 Å². The molecule has 4 heteroatoms. The highest BCUT2D eigenvalue weighted by atomic mass is 35.5. The zero-order valence-electron chi connectivity index (χ0n) is 11.5.